The number of fused-ring (bicyclic) bond motifs is 3. The molecular formula is C22H20Cl2N4O2S. The Morgan fingerprint density at radius 1 is 1.16 bits per heavy atom. The number of thioether (sulfide) groups is 1. The van der Waals surface area contributed by atoms with Crippen LogP contribution in [0.3, 0.4) is 0 Å². The molecule has 1 atom stereocenters. The summed E-state index contributed by atoms with van der Waals surface area (Å²) in [4.78, 5) is 17.1. The highest BCUT2D eigenvalue weighted by atomic mass is 35.5. The number of aliphatic imine (C=N–C) groups is 1. The molecular weight excluding hydrogens is 455 g/mol. The Balaban J connectivity index is 1.92. The van der Waals surface area contributed by atoms with Gasteiger partial charge in [-0.1, -0.05) is 53.2 Å². The van der Waals surface area contributed by atoms with Gasteiger partial charge in [0.15, 0.2) is 11.0 Å². The van der Waals surface area contributed by atoms with Crippen LogP contribution in [0.15, 0.2) is 52.6 Å². The Morgan fingerprint density at radius 3 is 2.71 bits per heavy atom. The average molecular weight is 475 g/mol. The molecule has 0 saturated heterocycles. The third-order valence-corrected chi connectivity index (χ3v) is 6.13. The average Bonchev–Trinajstić information content (AvgIpc) is 3.13. The second-order valence-corrected chi connectivity index (χ2v) is 8.48. The van der Waals surface area contributed by atoms with Crippen LogP contribution in [-0.4, -0.2) is 39.3 Å². The minimum atomic E-state index is -0.407. The van der Waals surface area contributed by atoms with Crippen LogP contribution in [0, 0.1) is 0 Å². The number of nitrogens with zero attached hydrogens (tertiary/aromatic N) is 4. The molecule has 160 valence electrons. The number of halogens is 2. The summed E-state index contributed by atoms with van der Waals surface area (Å²) in [5, 5.41) is 10.7. The summed E-state index contributed by atoms with van der Waals surface area (Å²) in [5.74, 6) is 0.400. The smallest absolute Gasteiger partial charge is 0.305 e. The van der Waals surface area contributed by atoms with Gasteiger partial charge < -0.3 is 4.74 Å². The van der Waals surface area contributed by atoms with Gasteiger partial charge in [0, 0.05) is 27.6 Å². The maximum Gasteiger partial charge on any atom is 0.305 e. The molecule has 4 rings (SSSR count). The van der Waals surface area contributed by atoms with Crippen molar-refractivity contribution >= 4 is 46.6 Å². The van der Waals surface area contributed by atoms with Crippen molar-refractivity contribution in [2.75, 3.05) is 12.9 Å². The first kappa shape index (κ1) is 21.9. The van der Waals surface area contributed by atoms with Crippen LogP contribution in [0.5, 0.6) is 0 Å². The fourth-order valence-corrected chi connectivity index (χ4v) is 4.48. The van der Waals surface area contributed by atoms with Gasteiger partial charge >= 0.3 is 5.97 Å². The second kappa shape index (κ2) is 9.42. The molecule has 0 bridgehead atoms. The lowest BCUT2D eigenvalue weighted by Gasteiger charge is -2.14. The van der Waals surface area contributed by atoms with E-state index in [2.05, 4.69) is 10.2 Å². The van der Waals surface area contributed by atoms with Crippen LogP contribution >= 0.6 is 35.0 Å². The van der Waals surface area contributed by atoms with Gasteiger partial charge in [0.05, 0.1) is 18.0 Å². The molecule has 0 radical (unpaired) electrons. The number of esters is 1. The highest BCUT2D eigenvalue weighted by Gasteiger charge is 2.30. The maximum atomic E-state index is 12.1. The summed E-state index contributed by atoms with van der Waals surface area (Å²) in [6.07, 6.45) is 2.60. The van der Waals surface area contributed by atoms with Gasteiger partial charge in [0.1, 0.15) is 6.04 Å². The first-order valence-electron chi connectivity index (χ1n) is 9.81. The minimum Gasteiger partial charge on any atom is -0.466 e. The lowest BCUT2D eigenvalue weighted by atomic mass is 10.00. The van der Waals surface area contributed by atoms with E-state index in [1.54, 1.807) is 6.92 Å². The van der Waals surface area contributed by atoms with Crippen molar-refractivity contribution in [3.8, 4) is 5.69 Å². The van der Waals surface area contributed by atoms with Gasteiger partial charge in [-0.3, -0.25) is 14.4 Å². The molecule has 1 aliphatic heterocycles. The van der Waals surface area contributed by atoms with Crippen LogP contribution in [-0.2, 0) is 9.53 Å². The Bertz CT molecular complexity index is 1160. The van der Waals surface area contributed by atoms with Crippen molar-refractivity contribution in [1.82, 2.24) is 14.8 Å². The molecule has 3 aromatic rings. The number of benzene rings is 2. The molecule has 2 aromatic carbocycles. The molecule has 0 spiro atoms. The molecule has 0 aliphatic carbocycles. The van der Waals surface area contributed by atoms with E-state index < -0.39 is 6.04 Å². The van der Waals surface area contributed by atoms with Gasteiger partial charge in [-0.05, 0) is 43.9 Å². The number of hydrogen-bond acceptors (Lipinski definition) is 6. The normalized spacial score (nSPS) is 15.0. The third-order valence-electron chi connectivity index (χ3n) is 4.93. The zero-order valence-electron chi connectivity index (χ0n) is 17.0. The highest BCUT2D eigenvalue weighted by molar-refractivity contribution is 7.98. The molecule has 2 heterocycles. The number of ether oxygens (including phenoxy) is 1. The SMILES string of the molecule is CCOC(=O)CC[C@@H]1N=C(c2ccccc2Cl)c2cc(Cl)ccc2-n2c(SC)nnc21. The van der Waals surface area contributed by atoms with Gasteiger partial charge in [-0.15, -0.1) is 10.2 Å². The van der Waals surface area contributed by atoms with Crippen molar-refractivity contribution in [2.45, 2.75) is 31.0 Å². The molecule has 6 nitrogen and oxygen atoms in total. The van der Waals surface area contributed by atoms with E-state index in [0.717, 1.165) is 22.0 Å². The van der Waals surface area contributed by atoms with Crippen LogP contribution in [0.2, 0.25) is 10.0 Å². The first-order valence-corrected chi connectivity index (χ1v) is 11.8. The summed E-state index contributed by atoms with van der Waals surface area (Å²) >= 11 is 14.4. The van der Waals surface area contributed by atoms with Crippen molar-refractivity contribution < 1.29 is 9.53 Å². The van der Waals surface area contributed by atoms with Crippen molar-refractivity contribution in [3.05, 3.63) is 69.5 Å². The zero-order chi connectivity index (χ0) is 22.0. The van der Waals surface area contributed by atoms with E-state index in [9.17, 15) is 4.79 Å². The highest BCUT2D eigenvalue weighted by Crippen LogP contribution is 2.37. The van der Waals surface area contributed by atoms with Crippen LogP contribution < -0.4 is 0 Å². The Labute approximate surface area is 194 Å². The van der Waals surface area contributed by atoms with Gasteiger partial charge in [0.2, 0.25) is 0 Å². The third kappa shape index (κ3) is 4.35. The van der Waals surface area contributed by atoms with Crippen LogP contribution in [0.1, 0.15) is 42.8 Å². The lowest BCUT2D eigenvalue weighted by molar-refractivity contribution is -0.143. The molecule has 0 amide bonds. The number of hydrogen-bond donors (Lipinski definition) is 0. The van der Waals surface area contributed by atoms with Gasteiger partial charge in [-0.2, -0.15) is 0 Å². The van der Waals surface area contributed by atoms with E-state index in [0.29, 0.717) is 34.6 Å². The van der Waals surface area contributed by atoms with Crippen molar-refractivity contribution in [3.63, 3.8) is 0 Å². The molecule has 0 unspecified atom stereocenters. The molecule has 9 heteroatoms. The Hall–Kier alpha value is -2.35. The zero-order valence-corrected chi connectivity index (χ0v) is 19.3. The number of rotatable bonds is 6. The fourth-order valence-electron chi connectivity index (χ4n) is 3.58. The Morgan fingerprint density at radius 2 is 1.97 bits per heavy atom. The number of carbonyl (C=O) groups excluding carboxylic acids is 1. The summed E-state index contributed by atoms with van der Waals surface area (Å²) in [5.41, 5.74) is 3.19. The summed E-state index contributed by atoms with van der Waals surface area (Å²) in [6, 6.07) is 12.8. The van der Waals surface area contributed by atoms with E-state index in [1.165, 1.54) is 11.8 Å². The van der Waals surface area contributed by atoms with Crippen LogP contribution in [0.4, 0.5) is 0 Å². The number of aromatic nitrogens is 3. The molecule has 0 saturated carbocycles. The van der Waals surface area contributed by atoms with Crippen molar-refractivity contribution in [2.24, 2.45) is 4.99 Å². The Kier molecular flexibility index (Phi) is 6.65. The molecule has 0 fully saturated rings. The van der Waals surface area contributed by atoms with Gasteiger partial charge in [-0.25, -0.2) is 0 Å². The topological polar surface area (TPSA) is 69.4 Å². The molecule has 0 N–H and O–H groups in total. The summed E-state index contributed by atoms with van der Waals surface area (Å²) < 4.78 is 7.10. The molecule has 1 aliphatic rings. The largest absolute Gasteiger partial charge is 0.466 e. The summed E-state index contributed by atoms with van der Waals surface area (Å²) in [7, 11) is 0. The molecule has 1 aromatic heterocycles. The first-order chi connectivity index (χ1) is 15.0. The summed E-state index contributed by atoms with van der Waals surface area (Å²) in [6.45, 7) is 2.13. The molecule has 31 heavy (non-hydrogen) atoms. The van der Waals surface area contributed by atoms with Crippen molar-refractivity contribution in [1.29, 1.82) is 0 Å². The fraction of sp³-hybridized carbons (Fsp3) is 0.273. The van der Waals surface area contributed by atoms with E-state index in [1.807, 2.05) is 53.3 Å². The lowest BCUT2D eigenvalue weighted by Crippen LogP contribution is -2.10. The second-order valence-electron chi connectivity index (χ2n) is 6.86. The van der Waals surface area contributed by atoms with E-state index in [4.69, 9.17) is 32.9 Å². The number of carbonyl (C=O) groups is 1. The standard InChI is InChI=1S/C22H20Cl2N4O2S/c1-3-30-19(29)11-9-17-21-26-27-22(31-2)28(21)18-10-8-13(23)12-15(18)20(25-17)14-6-4-5-7-16(14)24/h4-8,10,12,17H,3,9,11H2,1-2H3/t17-/m0/s1. The van der Waals surface area contributed by atoms with E-state index in [-0.39, 0.29) is 12.4 Å². The predicted octanol–water partition coefficient (Wildman–Crippen LogP) is 5.53. The van der Waals surface area contributed by atoms with Crippen LogP contribution in [0.25, 0.3) is 5.69 Å². The van der Waals surface area contributed by atoms with Gasteiger partial charge in [0.25, 0.3) is 0 Å². The monoisotopic (exact) mass is 474 g/mol. The maximum absolute atomic E-state index is 12.1. The minimum absolute atomic E-state index is 0.219. The quantitative estimate of drug-likeness (QED) is 0.346. The predicted molar refractivity (Wildman–Crippen MR) is 124 cm³/mol. The van der Waals surface area contributed by atoms with E-state index >= 15 is 0 Å².